The zero-order valence-electron chi connectivity index (χ0n) is 12.9. The monoisotopic (exact) mass is 296 g/mol. The molecule has 114 valence electrons. The fourth-order valence-electron chi connectivity index (χ4n) is 1.92. The van der Waals surface area contributed by atoms with Crippen LogP contribution in [-0.2, 0) is 6.54 Å². The van der Waals surface area contributed by atoms with Crippen LogP contribution < -0.4 is 10.1 Å². The van der Waals surface area contributed by atoms with Crippen molar-refractivity contribution in [1.29, 1.82) is 5.26 Å². The van der Waals surface area contributed by atoms with Gasteiger partial charge in [-0.1, -0.05) is 32.0 Å². The largest absolute Gasteiger partial charge is 0.493 e. The van der Waals surface area contributed by atoms with E-state index in [4.69, 9.17) is 10.00 Å². The third-order valence-corrected chi connectivity index (χ3v) is 3.18. The number of nitrogens with zero attached hydrogens (tertiary/aromatic N) is 3. The fraction of sp³-hybridized carbons (Fsp3) is 0.353. The van der Waals surface area contributed by atoms with Gasteiger partial charge in [0, 0.05) is 24.5 Å². The lowest BCUT2D eigenvalue weighted by Gasteiger charge is -2.13. The Morgan fingerprint density at radius 3 is 2.77 bits per heavy atom. The third kappa shape index (κ3) is 4.45. The molecule has 1 N–H and O–H groups in total. The molecule has 2 aromatic rings. The van der Waals surface area contributed by atoms with Crippen molar-refractivity contribution in [3.63, 3.8) is 0 Å². The van der Waals surface area contributed by atoms with E-state index >= 15 is 0 Å². The summed E-state index contributed by atoms with van der Waals surface area (Å²) in [5.41, 5.74) is 1.32. The Bertz CT molecular complexity index is 649. The quantitative estimate of drug-likeness (QED) is 0.848. The standard InChI is InChI=1S/C17H20N4O/c1-13(2)7-10-22-16-6-4-3-5-14(16)12-21-17-15(11-18)19-8-9-20-17/h3-6,8-9,13H,7,10,12H2,1-2H3,(H,20,21). The van der Waals surface area contributed by atoms with Crippen LogP contribution in [0.5, 0.6) is 5.75 Å². The summed E-state index contributed by atoms with van der Waals surface area (Å²) in [6, 6.07) is 9.91. The summed E-state index contributed by atoms with van der Waals surface area (Å²) >= 11 is 0. The molecule has 0 aliphatic heterocycles. The molecule has 0 aliphatic carbocycles. The number of hydrogen-bond donors (Lipinski definition) is 1. The van der Waals surface area contributed by atoms with E-state index in [2.05, 4.69) is 29.1 Å². The molecular formula is C17H20N4O. The van der Waals surface area contributed by atoms with Crippen molar-refractivity contribution in [3.05, 3.63) is 47.9 Å². The van der Waals surface area contributed by atoms with Crippen molar-refractivity contribution in [3.8, 4) is 11.8 Å². The van der Waals surface area contributed by atoms with Gasteiger partial charge in [-0.05, 0) is 18.4 Å². The number of nitrogens with one attached hydrogen (secondary N) is 1. The summed E-state index contributed by atoms with van der Waals surface area (Å²) in [7, 11) is 0. The Balaban J connectivity index is 2.02. The molecule has 22 heavy (non-hydrogen) atoms. The van der Waals surface area contributed by atoms with Crippen molar-refractivity contribution >= 4 is 5.82 Å². The van der Waals surface area contributed by atoms with E-state index in [1.54, 1.807) is 6.20 Å². The van der Waals surface area contributed by atoms with E-state index in [0.29, 0.717) is 30.6 Å². The zero-order chi connectivity index (χ0) is 15.8. The number of anilines is 1. The average Bonchev–Trinajstić information content (AvgIpc) is 2.54. The summed E-state index contributed by atoms with van der Waals surface area (Å²) < 4.78 is 5.85. The Morgan fingerprint density at radius 2 is 2.00 bits per heavy atom. The van der Waals surface area contributed by atoms with Crippen LogP contribution in [0.15, 0.2) is 36.7 Å². The number of hydrogen-bond acceptors (Lipinski definition) is 5. The minimum atomic E-state index is 0.292. The van der Waals surface area contributed by atoms with Crippen LogP contribution in [0.4, 0.5) is 5.82 Å². The van der Waals surface area contributed by atoms with Crippen LogP contribution in [0.25, 0.3) is 0 Å². The second-order valence-corrected chi connectivity index (χ2v) is 5.36. The summed E-state index contributed by atoms with van der Waals surface area (Å²) in [6.07, 6.45) is 4.09. The molecule has 1 aromatic heterocycles. The lowest BCUT2D eigenvalue weighted by atomic mass is 10.1. The topological polar surface area (TPSA) is 70.8 Å². The molecule has 0 amide bonds. The van der Waals surface area contributed by atoms with Gasteiger partial charge in [-0.2, -0.15) is 5.26 Å². The van der Waals surface area contributed by atoms with Crippen LogP contribution in [0, 0.1) is 17.2 Å². The molecule has 0 spiro atoms. The molecule has 2 rings (SSSR count). The highest BCUT2D eigenvalue weighted by Crippen LogP contribution is 2.20. The highest BCUT2D eigenvalue weighted by Gasteiger charge is 2.07. The molecular weight excluding hydrogens is 276 g/mol. The number of rotatable bonds is 7. The van der Waals surface area contributed by atoms with Gasteiger partial charge in [0.1, 0.15) is 11.8 Å². The molecule has 0 bridgehead atoms. The molecule has 5 heteroatoms. The van der Waals surface area contributed by atoms with E-state index in [0.717, 1.165) is 17.7 Å². The smallest absolute Gasteiger partial charge is 0.182 e. The summed E-state index contributed by atoms with van der Waals surface area (Å²) in [4.78, 5) is 8.13. The Hall–Kier alpha value is -2.61. The third-order valence-electron chi connectivity index (χ3n) is 3.18. The van der Waals surface area contributed by atoms with Crippen LogP contribution >= 0.6 is 0 Å². The predicted molar refractivity (Wildman–Crippen MR) is 85.5 cm³/mol. The Kier molecular flexibility index (Phi) is 5.73. The SMILES string of the molecule is CC(C)CCOc1ccccc1CNc1nccnc1C#N. The lowest BCUT2D eigenvalue weighted by Crippen LogP contribution is -2.08. The molecule has 0 aliphatic rings. The number of para-hydroxylation sites is 1. The van der Waals surface area contributed by atoms with Gasteiger partial charge in [-0.25, -0.2) is 9.97 Å². The van der Waals surface area contributed by atoms with Gasteiger partial charge in [0.25, 0.3) is 0 Å². The van der Waals surface area contributed by atoms with Gasteiger partial charge in [-0.3, -0.25) is 0 Å². The summed E-state index contributed by atoms with van der Waals surface area (Å²) in [5, 5.41) is 12.2. The molecule has 0 saturated heterocycles. The van der Waals surface area contributed by atoms with Crippen LogP contribution in [0.2, 0.25) is 0 Å². The van der Waals surface area contributed by atoms with E-state index in [-0.39, 0.29) is 0 Å². The van der Waals surface area contributed by atoms with Crippen LogP contribution in [-0.4, -0.2) is 16.6 Å². The van der Waals surface area contributed by atoms with Gasteiger partial charge in [0.15, 0.2) is 11.5 Å². The number of benzene rings is 1. The second kappa shape index (κ2) is 7.99. The highest BCUT2D eigenvalue weighted by molar-refractivity contribution is 5.48. The van der Waals surface area contributed by atoms with Crippen molar-refractivity contribution in [2.24, 2.45) is 5.92 Å². The number of ether oxygens (including phenoxy) is 1. The predicted octanol–water partition coefficient (Wildman–Crippen LogP) is 3.39. The number of aromatic nitrogens is 2. The number of nitriles is 1. The normalized spacial score (nSPS) is 10.3. The van der Waals surface area contributed by atoms with Gasteiger partial charge in [-0.15, -0.1) is 0 Å². The molecule has 0 radical (unpaired) electrons. The van der Waals surface area contributed by atoms with Gasteiger partial charge < -0.3 is 10.1 Å². The van der Waals surface area contributed by atoms with E-state index in [1.807, 2.05) is 30.3 Å². The van der Waals surface area contributed by atoms with Crippen molar-refractivity contribution in [2.45, 2.75) is 26.8 Å². The van der Waals surface area contributed by atoms with Crippen LogP contribution in [0.3, 0.4) is 0 Å². The molecule has 0 unspecified atom stereocenters. The fourth-order valence-corrected chi connectivity index (χ4v) is 1.92. The maximum Gasteiger partial charge on any atom is 0.182 e. The second-order valence-electron chi connectivity index (χ2n) is 5.36. The first-order valence-electron chi connectivity index (χ1n) is 7.36. The first kappa shape index (κ1) is 15.8. The van der Waals surface area contributed by atoms with Gasteiger partial charge in [0.2, 0.25) is 0 Å². The first-order valence-corrected chi connectivity index (χ1v) is 7.36. The molecule has 0 atom stereocenters. The maximum absolute atomic E-state index is 9.02. The minimum Gasteiger partial charge on any atom is -0.493 e. The van der Waals surface area contributed by atoms with E-state index in [1.165, 1.54) is 6.20 Å². The summed E-state index contributed by atoms with van der Waals surface area (Å²) in [5.74, 6) is 1.96. The van der Waals surface area contributed by atoms with Gasteiger partial charge in [0.05, 0.1) is 6.61 Å². The lowest BCUT2D eigenvalue weighted by molar-refractivity contribution is 0.287. The van der Waals surface area contributed by atoms with Crippen molar-refractivity contribution in [1.82, 2.24) is 9.97 Å². The Morgan fingerprint density at radius 1 is 1.23 bits per heavy atom. The minimum absolute atomic E-state index is 0.292. The maximum atomic E-state index is 9.02. The molecule has 0 saturated carbocycles. The van der Waals surface area contributed by atoms with Crippen molar-refractivity contribution in [2.75, 3.05) is 11.9 Å². The molecule has 1 aromatic carbocycles. The highest BCUT2D eigenvalue weighted by atomic mass is 16.5. The van der Waals surface area contributed by atoms with Crippen LogP contribution in [0.1, 0.15) is 31.5 Å². The molecule has 5 nitrogen and oxygen atoms in total. The molecule has 0 fully saturated rings. The molecule has 1 heterocycles. The van der Waals surface area contributed by atoms with Gasteiger partial charge >= 0.3 is 0 Å². The Labute approximate surface area is 131 Å². The van der Waals surface area contributed by atoms with E-state index < -0.39 is 0 Å². The van der Waals surface area contributed by atoms with Crippen molar-refractivity contribution < 1.29 is 4.74 Å². The van der Waals surface area contributed by atoms with E-state index in [9.17, 15) is 0 Å². The summed E-state index contributed by atoms with van der Waals surface area (Å²) in [6.45, 7) is 5.58. The average molecular weight is 296 g/mol. The first-order chi connectivity index (χ1) is 10.7. The zero-order valence-corrected chi connectivity index (χ0v) is 12.9.